The van der Waals surface area contributed by atoms with Gasteiger partial charge < -0.3 is 15.0 Å². The van der Waals surface area contributed by atoms with E-state index >= 15 is 0 Å². The number of hydrogen-bond donors (Lipinski definition) is 1. The van der Waals surface area contributed by atoms with E-state index in [-0.39, 0.29) is 18.0 Å². The van der Waals surface area contributed by atoms with Crippen molar-refractivity contribution in [3.63, 3.8) is 0 Å². The molecule has 0 aliphatic rings. The third kappa shape index (κ3) is 5.21. The Bertz CT molecular complexity index is 558. The molecule has 0 fully saturated rings. The third-order valence-electron chi connectivity index (χ3n) is 2.68. The van der Waals surface area contributed by atoms with Crippen molar-refractivity contribution >= 4 is 17.8 Å². The molecular formula is C14H17FN2O4. The SMILES string of the molecule is Cc1ccc(C(=O)OCC(=O)NCC(=O)N(C)C)cc1F. The smallest absolute Gasteiger partial charge is 0.338 e. The fraction of sp³-hybridized carbons (Fsp3) is 0.357. The summed E-state index contributed by atoms with van der Waals surface area (Å²) in [5, 5.41) is 2.31. The molecular weight excluding hydrogens is 279 g/mol. The molecule has 0 saturated heterocycles. The van der Waals surface area contributed by atoms with Gasteiger partial charge in [-0.05, 0) is 24.6 Å². The maximum absolute atomic E-state index is 13.3. The van der Waals surface area contributed by atoms with Gasteiger partial charge in [0.15, 0.2) is 6.61 Å². The highest BCUT2D eigenvalue weighted by Crippen LogP contribution is 2.10. The predicted molar refractivity (Wildman–Crippen MR) is 73.1 cm³/mol. The summed E-state index contributed by atoms with van der Waals surface area (Å²) in [6.07, 6.45) is 0. The highest BCUT2D eigenvalue weighted by Gasteiger charge is 2.13. The number of carbonyl (C=O) groups is 3. The normalized spacial score (nSPS) is 9.90. The number of likely N-dealkylation sites (N-methyl/N-ethyl adjacent to an activating group) is 1. The van der Waals surface area contributed by atoms with E-state index in [1.807, 2.05) is 0 Å². The number of halogens is 1. The van der Waals surface area contributed by atoms with Gasteiger partial charge in [-0.25, -0.2) is 9.18 Å². The van der Waals surface area contributed by atoms with Gasteiger partial charge >= 0.3 is 5.97 Å². The number of amides is 2. The monoisotopic (exact) mass is 296 g/mol. The number of nitrogens with zero attached hydrogens (tertiary/aromatic N) is 1. The number of hydrogen-bond acceptors (Lipinski definition) is 4. The molecule has 114 valence electrons. The van der Waals surface area contributed by atoms with Crippen LogP contribution in [0, 0.1) is 12.7 Å². The van der Waals surface area contributed by atoms with Crippen LogP contribution in [0.3, 0.4) is 0 Å². The van der Waals surface area contributed by atoms with Crippen LogP contribution in [0.4, 0.5) is 4.39 Å². The lowest BCUT2D eigenvalue weighted by molar-refractivity contribution is -0.131. The number of nitrogens with one attached hydrogen (secondary N) is 1. The van der Waals surface area contributed by atoms with Crippen molar-refractivity contribution in [2.45, 2.75) is 6.92 Å². The Morgan fingerprint density at radius 2 is 1.95 bits per heavy atom. The van der Waals surface area contributed by atoms with Gasteiger partial charge in [0.05, 0.1) is 12.1 Å². The minimum atomic E-state index is -0.803. The van der Waals surface area contributed by atoms with Crippen LogP contribution in [0.1, 0.15) is 15.9 Å². The molecule has 0 aliphatic carbocycles. The quantitative estimate of drug-likeness (QED) is 0.803. The van der Waals surface area contributed by atoms with Crippen molar-refractivity contribution in [3.8, 4) is 0 Å². The number of ether oxygens (including phenoxy) is 1. The molecule has 0 aromatic heterocycles. The van der Waals surface area contributed by atoms with Gasteiger partial charge in [0.25, 0.3) is 5.91 Å². The Balaban J connectivity index is 2.44. The van der Waals surface area contributed by atoms with E-state index in [9.17, 15) is 18.8 Å². The predicted octanol–water partition coefficient (Wildman–Crippen LogP) is 0.495. The zero-order valence-corrected chi connectivity index (χ0v) is 12.1. The topological polar surface area (TPSA) is 75.7 Å². The van der Waals surface area contributed by atoms with Crippen molar-refractivity contribution < 1.29 is 23.5 Å². The van der Waals surface area contributed by atoms with Crippen LogP contribution in [0.15, 0.2) is 18.2 Å². The molecule has 0 radical (unpaired) electrons. The summed E-state index contributed by atoms with van der Waals surface area (Å²) in [6, 6.07) is 3.90. The van der Waals surface area contributed by atoms with Gasteiger partial charge in [0, 0.05) is 14.1 Å². The summed E-state index contributed by atoms with van der Waals surface area (Å²) in [5.41, 5.74) is 0.432. The molecule has 0 bridgehead atoms. The zero-order chi connectivity index (χ0) is 16.0. The van der Waals surface area contributed by atoms with Crippen LogP contribution in [0.25, 0.3) is 0 Å². The van der Waals surface area contributed by atoms with Gasteiger partial charge in [0.1, 0.15) is 5.82 Å². The highest BCUT2D eigenvalue weighted by molar-refractivity contribution is 5.92. The number of carbonyl (C=O) groups excluding carboxylic acids is 3. The van der Waals surface area contributed by atoms with Crippen molar-refractivity contribution in [1.82, 2.24) is 10.2 Å². The maximum Gasteiger partial charge on any atom is 0.338 e. The Kier molecular flexibility index (Phi) is 5.83. The van der Waals surface area contributed by atoms with E-state index in [2.05, 4.69) is 5.32 Å². The van der Waals surface area contributed by atoms with Crippen molar-refractivity contribution in [1.29, 1.82) is 0 Å². The largest absolute Gasteiger partial charge is 0.452 e. The molecule has 0 heterocycles. The number of aryl methyl sites for hydroxylation is 1. The van der Waals surface area contributed by atoms with Crippen LogP contribution in [-0.4, -0.2) is 49.9 Å². The molecule has 0 aliphatic heterocycles. The Morgan fingerprint density at radius 3 is 2.52 bits per heavy atom. The van der Waals surface area contributed by atoms with Crippen molar-refractivity contribution in [2.24, 2.45) is 0 Å². The first-order chi connectivity index (χ1) is 9.81. The molecule has 21 heavy (non-hydrogen) atoms. The Morgan fingerprint density at radius 1 is 1.29 bits per heavy atom. The summed E-state index contributed by atoms with van der Waals surface area (Å²) >= 11 is 0. The lowest BCUT2D eigenvalue weighted by atomic mass is 10.1. The minimum Gasteiger partial charge on any atom is -0.452 e. The maximum atomic E-state index is 13.3. The molecule has 1 rings (SSSR count). The summed E-state index contributed by atoms with van der Waals surface area (Å²) in [7, 11) is 3.11. The second-order valence-electron chi connectivity index (χ2n) is 4.60. The summed E-state index contributed by atoms with van der Waals surface area (Å²) < 4.78 is 18.0. The van der Waals surface area contributed by atoms with E-state index in [1.54, 1.807) is 21.0 Å². The van der Waals surface area contributed by atoms with Gasteiger partial charge in [-0.15, -0.1) is 0 Å². The van der Waals surface area contributed by atoms with Gasteiger partial charge in [-0.3, -0.25) is 9.59 Å². The zero-order valence-electron chi connectivity index (χ0n) is 12.1. The van der Waals surface area contributed by atoms with E-state index in [4.69, 9.17) is 4.74 Å². The molecule has 2 amide bonds. The molecule has 0 unspecified atom stereocenters. The van der Waals surface area contributed by atoms with Crippen LogP contribution in [0.2, 0.25) is 0 Å². The number of esters is 1. The summed E-state index contributed by atoms with van der Waals surface area (Å²) in [6.45, 7) is 0.858. The number of rotatable bonds is 5. The average Bonchev–Trinajstić information content (AvgIpc) is 2.44. The van der Waals surface area contributed by atoms with Gasteiger partial charge in [0.2, 0.25) is 5.91 Å². The van der Waals surface area contributed by atoms with Crippen LogP contribution < -0.4 is 5.32 Å². The van der Waals surface area contributed by atoms with Crippen LogP contribution in [-0.2, 0) is 14.3 Å². The first-order valence-corrected chi connectivity index (χ1v) is 6.21. The molecule has 7 heteroatoms. The highest BCUT2D eigenvalue weighted by atomic mass is 19.1. The lowest BCUT2D eigenvalue weighted by Crippen LogP contribution is -2.38. The first kappa shape index (κ1) is 16.6. The fourth-order valence-electron chi connectivity index (χ4n) is 1.32. The van der Waals surface area contributed by atoms with Crippen LogP contribution >= 0.6 is 0 Å². The van der Waals surface area contributed by atoms with E-state index in [1.165, 1.54) is 17.0 Å². The third-order valence-corrected chi connectivity index (χ3v) is 2.68. The Labute approximate surface area is 121 Å². The summed E-state index contributed by atoms with van der Waals surface area (Å²) in [4.78, 5) is 35.6. The molecule has 0 spiro atoms. The molecule has 1 aromatic carbocycles. The second kappa shape index (κ2) is 7.37. The van der Waals surface area contributed by atoms with Crippen molar-refractivity contribution in [3.05, 3.63) is 35.1 Å². The molecule has 6 nitrogen and oxygen atoms in total. The lowest BCUT2D eigenvalue weighted by Gasteiger charge is -2.11. The standard InChI is InChI=1S/C14H17FN2O4/c1-9-4-5-10(6-11(9)15)14(20)21-8-12(18)16-7-13(19)17(2)3/h4-6H,7-8H2,1-3H3,(H,16,18). The van der Waals surface area contributed by atoms with Crippen molar-refractivity contribution in [2.75, 3.05) is 27.2 Å². The van der Waals surface area contributed by atoms with Gasteiger partial charge in [-0.2, -0.15) is 0 Å². The molecule has 0 atom stereocenters. The van der Waals surface area contributed by atoms with Gasteiger partial charge in [-0.1, -0.05) is 6.07 Å². The Hall–Kier alpha value is -2.44. The first-order valence-electron chi connectivity index (χ1n) is 6.21. The van der Waals surface area contributed by atoms with E-state index in [0.29, 0.717) is 5.56 Å². The summed E-state index contributed by atoms with van der Waals surface area (Å²) in [5.74, 6) is -2.21. The average molecular weight is 296 g/mol. The molecule has 1 N–H and O–H groups in total. The van der Waals surface area contributed by atoms with E-state index < -0.39 is 24.3 Å². The molecule has 0 saturated carbocycles. The van der Waals surface area contributed by atoms with Crippen LogP contribution in [0.5, 0.6) is 0 Å². The fourth-order valence-corrected chi connectivity index (χ4v) is 1.32. The molecule has 1 aromatic rings. The van der Waals surface area contributed by atoms with E-state index in [0.717, 1.165) is 6.07 Å². The minimum absolute atomic E-state index is 0.0234. The second-order valence-corrected chi connectivity index (χ2v) is 4.60. The number of benzene rings is 1.